The summed E-state index contributed by atoms with van der Waals surface area (Å²) in [6, 6.07) is 8.75. The van der Waals surface area contributed by atoms with E-state index in [-0.39, 0.29) is 23.1 Å². The van der Waals surface area contributed by atoms with E-state index in [1.54, 1.807) is 22.9 Å². The lowest BCUT2D eigenvalue weighted by molar-refractivity contribution is -0.120. The number of hydrogen-bond acceptors (Lipinski definition) is 7. The van der Waals surface area contributed by atoms with Gasteiger partial charge in [0.15, 0.2) is 11.6 Å². The van der Waals surface area contributed by atoms with Crippen LogP contribution in [0.3, 0.4) is 0 Å². The van der Waals surface area contributed by atoms with E-state index in [0.717, 1.165) is 17.0 Å². The molecule has 0 spiro atoms. The van der Waals surface area contributed by atoms with Crippen LogP contribution in [0, 0.1) is 5.82 Å². The molecule has 2 aromatic heterocycles. The summed E-state index contributed by atoms with van der Waals surface area (Å²) in [6.45, 7) is -1.60. The van der Waals surface area contributed by atoms with Crippen LogP contribution in [-0.2, 0) is 27.8 Å². The summed E-state index contributed by atoms with van der Waals surface area (Å²) in [5.74, 6) is -1.85. The molecule has 2 heterocycles. The Kier molecular flexibility index (Phi) is 6.47. The number of nitrogens with zero attached hydrogens (tertiary/aromatic N) is 3. The third-order valence-corrected chi connectivity index (χ3v) is 5.42. The van der Waals surface area contributed by atoms with Crippen molar-refractivity contribution in [3.63, 3.8) is 0 Å². The van der Waals surface area contributed by atoms with E-state index >= 15 is 0 Å². The molecule has 0 aliphatic rings. The van der Waals surface area contributed by atoms with Gasteiger partial charge in [-0.05, 0) is 6.07 Å². The number of nitrogens with one attached hydrogen (secondary N) is 2. The smallest absolute Gasteiger partial charge is 0.275 e. The normalized spacial score (nSPS) is 11.9. The van der Waals surface area contributed by atoms with Gasteiger partial charge in [0, 0.05) is 17.5 Å². The van der Waals surface area contributed by atoms with Crippen molar-refractivity contribution >= 4 is 37.7 Å². The molecule has 0 saturated carbocycles. The van der Waals surface area contributed by atoms with Crippen LogP contribution in [0.4, 0.5) is 13.2 Å². The fourth-order valence-corrected chi connectivity index (χ4v) is 3.97. The highest BCUT2D eigenvalue weighted by molar-refractivity contribution is 7.89. The third-order valence-electron chi connectivity index (χ3n) is 4.82. The highest BCUT2D eigenvalue weighted by atomic mass is 32.2. The second-order valence-electron chi connectivity index (χ2n) is 7.61. The number of halogens is 3. The summed E-state index contributed by atoms with van der Waals surface area (Å²) in [5, 5.41) is 4.95. The van der Waals surface area contributed by atoms with Crippen LogP contribution in [-0.4, -0.2) is 53.4 Å². The number of ether oxygens (including phenoxy) is 1. The van der Waals surface area contributed by atoms with Gasteiger partial charge in [-0.3, -0.25) is 14.3 Å². The van der Waals surface area contributed by atoms with Gasteiger partial charge in [-0.15, -0.1) is 0 Å². The van der Waals surface area contributed by atoms with Gasteiger partial charge in [0.05, 0.1) is 34.8 Å². The molecular weight excluding hydrogens is 491 g/mol. The highest BCUT2D eigenvalue weighted by Gasteiger charge is 2.17. The maximum Gasteiger partial charge on any atom is 0.275 e. The molecule has 4 rings (SSSR count). The molecule has 0 unspecified atom stereocenters. The van der Waals surface area contributed by atoms with Crippen molar-refractivity contribution in [3.8, 4) is 5.75 Å². The quantitative estimate of drug-likeness (QED) is 0.369. The first-order chi connectivity index (χ1) is 16.5. The lowest BCUT2D eigenvalue weighted by atomic mass is 10.1. The monoisotopic (exact) mass is 509 g/mol. The van der Waals surface area contributed by atoms with Gasteiger partial charge >= 0.3 is 0 Å². The fraction of sp³-hybridized carbons (Fsp3) is 0.238. The van der Waals surface area contributed by atoms with Gasteiger partial charge in [0.1, 0.15) is 19.0 Å². The van der Waals surface area contributed by atoms with E-state index in [1.807, 2.05) is 0 Å². The molecule has 0 radical (unpaired) electrons. The number of sulfonamides is 1. The van der Waals surface area contributed by atoms with E-state index in [0.29, 0.717) is 22.4 Å². The van der Waals surface area contributed by atoms with Crippen LogP contribution in [0.25, 0.3) is 21.8 Å². The van der Waals surface area contributed by atoms with Crippen molar-refractivity contribution in [1.29, 1.82) is 0 Å². The van der Waals surface area contributed by atoms with Crippen molar-refractivity contribution in [3.05, 3.63) is 64.1 Å². The van der Waals surface area contributed by atoms with Gasteiger partial charge in [0.25, 0.3) is 17.9 Å². The standard InChI is InChI=1S/C21H18F3N5O5S/c1-35(32,33)28-20(30)9-29-21(31)12-5-3-2-4-11(12)14(27-29)8-19-25-15-6-13(22)17(7-16(15)26-19)34-10-18(23)24/h2-7,18H,8-10H2,1H3,(H,25,26)(H,28,30). The summed E-state index contributed by atoms with van der Waals surface area (Å²) in [7, 11) is -3.83. The molecule has 1 amide bonds. The Labute approximate surface area is 195 Å². The second-order valence-corrected chi connectivity index (χ2v) is 9.36. The van der Waals surface area contributed by atoms with Crippen LogP contribution in [0.15, 0.2) is 41.2 Å². The minimum absolute atomic E-state index is 0.0258. The van der Waals surface area contributed by atoms with E-state index in [4.69, 9.17) is 4.74 Å². The number of carbonyl (C=O) groups is 1. The number of carbonyl (C=O) groups excluding carboxylic acids is 1. The number of fused-ring (bicyclic) bond motifs is 2. The number of aromatic nitrogens is 4. The molecule has 0 saturated heterocycles. The van der Waals surface area contributed by atoms with Crippen molar-refractivity contribution in [2.24, 2.45) is 0 Å². The Hall–Kier alpha value is -3.94. The predicted octanol–water partition coefficient (Wildman–Crippen LogP) is 1.72. The average molecular weight is 509 g/mol. The zero-order valence-electron chi connectivity index (χ0n) is 18.1. The van der Waals surface area contributed by atoms with Crippen LogP contribution in [0.1, 0.15) is 11.5 Å². The summed E-state index contributed by atoms with van der Waals surface area (Å²) in [6.07, 6.45) is -1.93. The summed E-state index contributed by atoms with van der Waals surface area (Å²) in [4.78, 5) is 32.1. The number of alkyl halides is 2. The summed E-state index contributed by atoms with van der Waals surface area (Å²) < 4.78 is 69.1. The van der Waals surface area contributed by atoms with Gasteiger partial charge in [-0.1, -0.05) is 18.2 Å². The van der Waals surface area contributed by atoms with Crippen LogP contribution in [0.5, 0.6) is 5.75 Å². The van der Waals surface area contributed by atoms with Gasteiger partial charge in [-0.2, -0.15) is 5.10 Å². The largest absolute Gasteiger partial charge is 0.484 e. The second kappa shape index (κ2) is 9.37. The Morgan fingerprint density at radius 2 is 1.94 bits per heavy atom. The van der Waals surface area contributed by atoms with Crippen molar-refractivity contribution in [2.75, 3.05) is 12.9 Å². The van der Waals surface area contributed by atoms with Gasteiger partial charge in [0.2, 0.25) is 10.0 Å². The molecule has 35 heavy (non-hydrogen) atoms. The van der Waals surface area contributed by atoms with Crippen molar-refractivity contribution in [1.82, 2.24) is 24.5 Å². The first-order valence-corrected chi connectivity index (χ1v) is 12.0. The number of benzene rings is 2. The Morgan fingerprint density at radius 1 is 1.23 bits per heavy atom. The van der Waals surface area contributed by atoms with Gasteiger partial charge < -0.3 is 9.72 Å². The zero-order chi connectivity index (χ0) is 25.3. The van der Waals surface area contributed by atoms with Crippen LogP contribution >= 0.6 is 0 Å². The summed E-state index contributed by atoms with van der Waals surface area (Å²) in [5.41, 5.74) is 0.282. The van der Waals surface area contributed by atoms with E-state index in [2.05, 4.69) is 15.1 Å². The minimum Gasteiger partial charge on any atom is -0.484 e. The zero-order valence-corrected chi connectivity index (χ0v) is 18.9. The van der Waals surface area contributed by atoms with Crippen molar-refractivity contribution < 1.29 is 31.1 Å². The first kappa shape index (κ1) is 24.2. The van der Waals surface area contributed by atoms with Crippen molar-refractivity contribution in [2.45, 2.75) is 19.4 Å². The maximum atomic E-state index is 14.2. The predicted molar refractivity (Wildman–Crippen MR) is 119 cm³/mol. The van der Waals surface area contributed by atoms with E-state index < -0.39 is 46.9 Å². The summed E-state index contributed by atoms with van der Waals surface area (Å²) >= 11 is 0. The third kappa shape index (κ3) is 5.59. The molecule has 0 aliphatic heterocycles. The maximum absolute atomic E-state index is 14.2. The lowest BCUT2D eigenvalue weighted by Crippen LogP contribution is -2.36. The lowest BCUT2D eigenvalue weighted by Gasteiger charge is -2.10. The SMILES string of the molecule is CS(=O)(=O)NC(=O)Cn1nc(Cc2nc3cc(F)c(OCC(F)F)cc3[nH]2)c2ccccc2c1=O. The molecular formula is C21H18F3N5O5S. The topological polar surface area (TPSA) is 136 Å². The number of hydrogen-bond donors (Lipinski definition) is 2. The molecule has 2 N–H and O–H groups in total. The number of H-pyrrole nitrogens is 1. The molecule has 2 aromatic carbocycles. The number of rotatable bonds is 8. The molecule has 14 heteroatoms. The fourth-order valence-electron chi connectivity index (χ4n) is 3.49. The first-order valence-electron chi connectivity index (χ1n) is 10.1. The van der Waals surface area contributed by atoms with Crippen LogP contribution in [0.2, 0.25) is 0 Å². The molecule has 4 aromatic rings. The molecule has 10 nitrogen and oxygen atoms in total. The van der Waals surface area contributed by atoms with Crippen LogP contribution < -0.4 is 15.0 Å². The Balaban J connectivity index is 1.71. The number of amides is 1. The molecule has 0 atom stereocenters. The highest BCUT2D eigenvalue weighted by Crippen LogP contribution is 2.25. The Morgan fingerprint density at radius 3 is 2.63 bits per heavy atom. The average Bonchev–Trinajstić information content (AvgIpc) is 3.14. The van der Waals surface area contributed by atoms with E-state index in [9.17, 15) is 31.2 Å². The molecule has 0 fully saturated rings. The van der Waals surface area contributed by atoms with E-state index in [1.165, 1.54) is 12.1 Å². The van der Waals surface area contributed by atoms with Gasteiger partial charge in [-0.25, -0.2) is 31.3 Å². The molecule has 0 aliphatic carbocycles. The Bertz CT molecular complexity index is 1600. The molecule has 184 valence electrons. The molecule has 0 bridgehead atoms. The number of imidazole rings is 1. The minimum atomic E-state index is -3.83. The number of aromatic amines is 1.